The smallest absolute Gasteiger partial charge is 0.251 e. The zero-order valence-electron chi connectivity index (χ0n) is 14.0. The number of pyridine rings is 1. The van der Waals surface area contributed by atoms with Crippen molar-refractivity contribution in [1.82, 2.24) is 20.1 Å². The van der Waals surface area contributed by atoms with Crippen molar-refractivity contribution in [2.24, 2.45) is 0 Å². The van der Waals surface area contributed by atoms with E-state index in [9.17, 15) is 9.59 Å². The number of nitrogens with zero attached hydrogens (tertiary/aromatic N) is 3. The second kappa shape index (κ2) is 6.79. The summed E-state index contributed by atoms with van der Waals surface area (Å²) in [5.74, 6) is 0.531. The van der Waals surface area contributed by atoms with Crippen LogP contribution >= 0.6 is 0 Å². The molecule has 0 bridgehead atoms. The number of rotatable bonds is 4. The Morgan fingerprint density at radius 3 is 2.96 bits per heavy atom. The first-order valence-electron chi connectivity index (χ1n) is 8.35. The first-order valence-corrected chi connectivity index (χ1v) is 8.35. The van der Waals surface area contributed by atoms with Crippen LogP contribution in [0.15, 0.2) is 55.0 Å². The minimum Gasteiger partial charge on any atom is -0.348 e. The van der Waals surface area contributed by atoms with Gasteiger partial charge in [0.05, 0.1) is 0 Å². The van der Waals surface area contributed by atoms with Gasteiger partial charge in [0.1, 0.15) is 0 Å². The van der Waals surface area contributed by atoms with E-state index >= 15 is 0 Å². The van der Waals surface area contributed by atoms with Crippen molar-refractivity contribution in [3.05, 3.63) is 71.7 Å². The third-order valence-electron chi connectivity index (χ3n) is 4.29. The maximum absolute atomic E-state index is 12.5. The highest BCUT2D eigenvalue weighted by Crippen LogP contribution is 2.23. The van der Waals surface area contributed by atoms with E-state index in [1.165, 1.54) is 0 Å². The Morgan fingerprint density at radius 2 is 2.12 bits per heavy atom. The highest BCUT2D eigenvalue weighted by Gasteiger charge is 2.17. The number of anilines is 1. The first-order chi connectivity index (χ1) is 12.7. The van der Waals surface area contributed by atoms with Gasteiger partial charge in [-0.2, -0.15) is 5.10 Å². The number of carbonyl (C=O) groups is 2. The van der Waals surface area contributed by atoms with Gasteiger partial charge in [-0.3, -0.25) is 9.59 Å². The Morgan fingerprint density at radius 1 is 1.19 bits per heavy atom. The minimum atomic E-state index is -0.167. The number of fused-ring (bicyclic) bond motifs is 1. The van der Waals surface area contributed by atoms with Gasteiger partial charge in [0.25, 0.3) is 5.91 Å². The Kier molecular flexibility index (Phi) is 4.18. The Hall–Kier alpha value is -3.48. The van der Waals surface area contributed by atoms with Gasteiger partial charge in [-0.05, 0) is 42.3 Å². The van der Waals surface area contributed by atoms with Crippen molar-refractivity contribution in [2.75, 3.05) is 5.32 Å². The number of nitrogens with one attached hydrogen (secondary N) is 2. The summed E-state index contributed by atoms with van der Waals surface area (Å²) >= 11 is 0. The molecular weight excluding hydrogens is 330 g/mol. The summed E-state index contributed by atoms with van der Waals surface area (Å²) in [6, 6.07) is 10.9. The van der Waals surface area contributed by atoms with Crippen molar-refractivity contribution >= 4 is 17.5 Å². The summed E-state index contributed by atoms with van der Waals surface area (Å²) < 4.78 is 1.67. The molecule has 7 nitrogen and oxygen atoms in total. The fourth-order valence-electron chi connectivity index (χ4n) is 2.97. The third kappa shape index (κ3) is 3.19. The lowest BCUT2D eigenvalue weighted by Gasteiger charge is -2.17. The van der Waals surface area contributed by atoms with Crippen molar-refractivity contribution in [3.63, 3.8) is 0 Å². The molecule has 0 unspecified atom stereocenters. The molecule has 130 valence electrons. The quantitative estimate of drug-likeness (QED) is 0.756. The molecule has 0 saturated carbocycles. The predicted octanol–water partition coefficient (Wildman–Crippen LogP) is 2.08. The van der Waals surface area contributed by atoms with Crippen LogP contribution < -0.4 is 10.6 Å². The van der Waals surface area contributed by atoms with Gasteiger partial charge in [0, 0.05) is 48.4 Å². The van der Waals surface area contributed by atoms with Gasteiger partial charge in [0.15, 0.2) is 5.82 Å². The standard InChI is InChI=1S/C19H17N5O2/c25-17-7-5-13-11-14(4-6-16(13)23-17)19(26)21-12-15-3-1-8-20-18(15)24-10-2-9-22-24/h1-4,6,8-11H,5,7,12H2,(H,21,26)(H,23,25). The maximum Gasteiger partial charge on any atom is 0.251 e. The lowest BCUT2D eigenvalue weighted by Crippen LogP contribution is -2.25. The van der Waals surface area contributed by atoms with Gasteiger partial charge in [-0.15, -0.1) is 0 Å². The van der Waals surface area contributed by atoms with Gasteiger partial charge >= 0.3 is 0 Å². The highest BCUT2D eigenvalue weighted by atomic mass is 16.2. The molecule has 0 saturated heterocycles. The van der Waals surface area contributed by atoms with E-state index in [2.05, 4.69) is 20.7 Å². The fraction of sp³-hybridized carbons (Fsp3) is 0.158. The molecule has 1 aliphatic rings. The lowest BCUT2D eigenvalue weighted by atomic mass is 10.00. The number of benzene rings is 1. The van der Waals surface area contributed by atoms with E-state index in [-0.39, 0.29) is 11.8 Å². The number of aryl methyl sites for hydroxylation is 1. The third-order valence-corrected chi connectivity index (χ3v) is 4.29. The molecule has 7 heteroatoms. The Labute approximate surface area is 150 Å². The molecule has 2 N–H and O–H groups in total. The molecule has 0 fully saturated rings. The fourth-order valence-corrected chi connectivity index (χ4v) is 2.97. The van der Waals surface area contributed by atoms with Crippen molar-refractivity contribution in [1.29, 1.82) is 0 Å². The summed E-state index contributed by atoms with van der Waals surface area (Å²) in [7, 11) is 0. The summed E-state index contributed by atoms with van der Waals surface area (Å²) in [4.78, 5) is 28.3. The molecule has 0 radical (unpaired) electrons. The Balaban J connectivity index is 1.49. The molecule has 2 amide bonds. The SMILES string of the molecule is O=C1CCc2cc(C(=O)NCc3cccnc3-n3cccn3)ccc2N1. The van der Waals surface area contributed by atoms with Gasteiger partial charge in [-0.1, -0.05) is 6.07 Å². The van der Waals surface area contributed by atoms with E-state index in [0.29, 0.717) is 30.8 Å². The molecule has 3 heterocycles. The number of carbonyl (C=O) groups excluding carboxylic acids is 2. The van der Waals surface area contributed by atoms with Crippen LogP contribution in [-0.4, -0.2) is 26.6 Å². The topological polar surface area (TPSA) is 88.9 Å². The Bertz CT molecular complexity index is 966. The van der Waals surface area contributed by atoms with Crippen LogP contribution in [0.4, 0.5) is 5.69 Å². The normalized spacial score (nSPS) is 13.0. The summed E-state index contributed by atoms with van der Waals surface area (Å²) in [5.41, 5.74) is 3.21. The molecule has 2 aromatic heterocycles. The van der Waals surface area contributed by atoms with E-state index in [4.69, 9.17) is 0 Å². The zero-order valence-corrected chi connectivity index (χ0v) is 14.0. The molecule has 1 aliphatic heterocycles. The number of hydrogen-bond donors (Lipinski definition) is 2. The van der Waals surface area contributed by atoms with Crippen LogP contribution in [0.25, 0.3) is 5.82 Å². The van der Waals surface area contributed by atoms with Crippen LogP contribution in [0.2, 0.25) is 0 Å². The van der Waals surface area contributed by atoms with Crippen LogP contribution in [0.5, 0.6) is 0 Å². The maximum atomic E-state index is 12.5. The van der Waals surface area contributed by atoms with Crippen LogP contribution in [0.3, 0.4) is 0 Å². The molecular formula is C19H17N5O2. The minimum absolute atomic E-state index is 0.0115. The van der Waals surface area contributed by atoms with E-state index < -0.39 is 0 Å². The predicted molar refractivity (Wildman–Crippen MR) is 95.9 cm³/mol. The second-order valence-corrected chi connectivity index (χ2v) is 6.04. The monoisotopic (exact) mass is 347 g/mol. The van der Waals surface area contributed by atoms with Gasteiger partial charge in [0.2, 0.25) is 5.91 Å². The van der Waals surface area contributed by atoms with Crippen molar-refractivity contribution in [3.8, 4) is 5.82 Å². The molecule has 4 rings (SSSR count). The average molecular weight is 347 g/mol. The average Bonchev–Trinajstić information content (AvgIpc) is 3.20. The highest BCUT2D eigenvalue weighted by molar-refractivity contribution is 5.97. The van der Waals surface area contributed by atoms with Gasteiger partial charge in [-0.25, -0.2) is 9.67 Å². The first kappa shape index (κ1) is 16.0. The lowest BCUT2D eigenvalue weighted by molar-refractivity contribution is -0.116. The van der Waals surface area contributed by atoms with E-state index in [0.717, 1.165) is 16.8 Å². The largest absolute Gasteiger partial charge is 0.348 e. The zero-order chi connectivity index (χ0) is 17.9. The number of hydrogen-bond acceptors (Lipinski definition) is 4. The second-order valence-electron chi connectivity index (χ2n) is 6.04. The number of aromatic nitrogens is 3. The van der Waals surface area contributed by atoms with Crippen LogP contribution in [-0.2, 0) is 17.8 Å². The molecule has 0 spiro atoms. The summed E-state index contributed by atoms with van der Waals surface area (Å²) in [5, 5.41) is 9.94. The molecule has 0 aliphatic carbocycles. The van der Waals surface area contributed by atoms with Crippen molar-refractivity contribution < 1.29 is 9.59 Å². The summed E-state index contributed by atoms with van der Waals surface area (Å²) in [6.45, 7) is 0.343. The van der Waals surface area contributed by atoms with Gasteiger partial charge < -0.3 is 10.6 Å². The molecule has 3 aromatic rings. The molecule has 0 atom stereocenters. The number of amides is 2. The molecule has 1 aromatic carbocycles. The van der Waals surface area contributed by atoms with E-state index in [1.54, 1.807) is 29.2 Å². The van der Waals surface area contributed by atoms with Crippen LogP contribution in [0, 0.1) is 0 Å². The van der Waals surface area contributed by atoms with E-state index in [1.807, 2.05) is 30.5 Å². The van der Waals surface area contributed by atoms with Crippen LogP contribution in [0.1, 0.15) is 27.9 Å². The molecule has 26 heavy (non-hydrogen) atoms. The summed E-state index contributed by atoms with van der Waals surface area (Å²) in [6.07, 6.45) is 6.28. The van der Waals surface area contributed by atoms with Crippen molar-refractivity contribution in [2.45, 2.75) is 19.4 Å².